The predicted octanol–water partition coefficient (Wildman–Crippen LogP) is 4.60. The second-order valence-electron chi connectivity index (χ2n) is 6.95. The first-order chi connectivity index (χ1) is 14.1. The number of nitrogens with zero attached hydrogens (tertiary/aromatic N) is 3. The fourth-order valence-electron chi connectivity index (χ4n) is 3.25. The second-order valence-corrected chi connectivity index (χ2v) is 6.95. The molecule has 0 saturated heterocycles. The molecule has 1 N–H and O–H groups in total. The van der Waals surface area contributed by atoms with Crippen LogP contribution in [0.5, 0.6) is 0 Å². The van der Waals surface area contributed by atoms with Gasteiger partial charge in [0.05, 0.1) is 12.1 Å². The maximum absolute atomic E-state index is 11.5. The number of carbonyl (C=O) groups is 1. The van der Waals surface area contributed by atoms with Gasteiger partial charge in [-0.3, -0.25) is 0 Å². The van der Waals surface area contributed by atoms with Crippen LogP contribution < -0.4 is 0 Å². The van der Waals surface area contributed by atoms with Gasteiger partial charge in [-0.1, -0.05) is 55.8 Å². The molecule has 1 heterocycles. The SMILES string of the molecule is C#CCCn1nc(CCCC)nc1Cc1ccc(-c2ccccc2C(=O)O)cc1. The molecule has 0 amide bonds. The van der Waals surface area contributed by atoms with Gasteiger partial charge in [0.1, 0.15) is 5.82 Å². The molecule has 0 aliphatic heterocycles. The molecular formula is C24H25N3O2. The summed E-state index contributed by atoms with van der Waals surface area (Å²) in [6.07, 6.45) is 9.74. The number of terminal acetylenes is 1. The molecular weight excluding hydrogens is 362 g/mol. The van der Waals surface area contributed by atoms with Crippen LogP contribution in [0.25, 0.3) is 11.1 Å². The van der Waals surface area contributed by atoms with E-state index in [9.17, 15) is 9.90 Å². The van der Waals surface area contributed by atoms with Crippen LogP contribution >= 0.6 is 0 Å². The van der Waals surface area contributed by atoms with Crippen LogP contribution in [-0.4, -0.2) is 25.8 Å². The van der Waals surface area contributed by atoms with Crippen LogP contribution in [0.1, 0.15) is 53.8 Å². The highest BCUT2D eigenvalue weighted by Crippen LogP contribution is 2.24. The van der Waals surface area contributed by atoms with E-state index in [0.29, 0.717) is 30.5 Å². The number of aromatic carboxylic acids is 1. The van der Waals surface area contributed by atoms with Crippen LogP contribution in [0.4, 0.5) is 0 Å². The fourth-order valence-corrected chi connectivity index (χ4v) is 3.25. The van der Waals surface area contributed by atoms with Crippen molar-refractivity contribution in [2.45, 2.75) is 45.6 Å². The Hall–Kier alpha value is -3.39. The van der Waals surface area contributed by atoms with E-state index in [1.165, 1.54) is 0 Å². The minimum absolute atomic E-state index is 0.301. The smallest absolute Gasteiger partial charge is 0.336 e. The lowest BCUT2D eigenvalue weighted by atomic mass is 9.98. The van der Waals surface area contributed by atoms with Gasteiger partial charge in [-0.25, -0.2) is 14.5 Å². The summed E-state index contributed by atoms with van der Waals surface area (Å²) in [5, 5.41) is 14.0. The third-order valence-electron chi connectivity index (χ3n) is 4.80. The molecule has 0 fully saturated rings. The van der Waals surface area contributed by atoms with Crippen LogP contribution in [-0.2, 0) is 19.4 Å². The standard InChI is InChI=1S/C24H25N3O2/c1-3-5-11-22-25-23(27(26-22)16-6-4-2)17-18-12-14-19(15-13-18)20-9-7-8-10-21(20)24(28)29/h2,7-10,12-15H,3,5-6,11,16-17H2,1H3,(H,28,29). The summed E-state index contributed by atoms with van der Waals surface area (Å²) in [5.74, 6) is 3.51. The Morgan fingerprint density at radius 2 is 1.93 bits per heavy atom. The molecule has 0 spiro atoms. The molecule has 29 heavy (non-hydrogen) atoms. The van der Waals surface area contributed by atoms with Crippen LogP contribution in [0.15, 0.2) is 48.5 Å². The highest BCUT2D eigenvalue weighted by molar-refractivity contribution is 5.95. The molecule has 0 atom stereocenters. The first kappa shape index (κ1) is 20.3. The van der Waals surface area contributed by atoms with Gasteiger partial charge in [0, 0.05) is 19.3 Å². The molecule has 0 bridgehead atoms. The molecule has 5 nitrogen and oxygen atoms in total. The van der Waals surface area contributed by atoms with Gasteiger partial charge in [0.25, 0.3) is 0 Å². The zero-order valence-corrected chi connectivity index (χ0v) is 16.6. The summed E-state index contributed by atoms with van der Waals surface area (Å²) in [6, 6.07) is 15.0. The van der Waals surface area contributed by atoms with Gasteiger partial charge in [-0.2, -0.15) is 5.10 Å². The Morgan fingerprint density at radius 1 is 1.17 bits per heavy atom. The van der Waals surface area contributed by atoms with E-state index < -0.39 is 5.97 Å². The van der Waals surface area contributed by atoms with E-state index in [0.717, 1.165) is 42.0 Å². The Bertz CT molecular complexity index is 1010. The number of aryl methyl sites for hydroxylation is 2. The fraction of sp³-hybridized carbons (Fsp3) is 0.292. The molecule has 2 aromatic carbocycles. The van der Waals surface area contributed by atoms with Gasteiger partial charge < -0.3 is 5.11 Å². The second kappa shape index (κ2) is 9.70. The molecule has 0 unspecified atom stereocenters. The van der Waals surface area contributed by atoms with Crippen molar-refractivity contribution in [2.24, 2.45) is 0 Å². The number of benzene rings is 2. The third-order valence-corrected chi connectivity index (χ3v) is 4.80. The lowest BCUT2D eigenvalue weighted by Crippen LogP contribution is -2.06. The largest absolute Gasteiger partial charge is 0.478 e. The van der Waals surface area contributed by atoms with E-state index in [1.807, 2.05) is 41.1 Å². The highest BCUT2D eigenvalue weighted by Gasteiger charge is 2.13. The summed E-state index contributed by atoms with van der Waals surface area (Å²) < 4.78 is 1.92. The Labute approximate surface area is 171 Å². The molecule has 0 radical (unpaired) electrons. The van der Waals surface area contributed by atoms with E-state index in [2.05, 4.69) is 17.9 Å². The number of unbranched alkanes of at least 4 members (excludes halogenated alkanes) is 1. The Kier molecular flexibility index (Phi) is 6.80. The van der Waals surface area contributed by atoms with Crippen molar-refractivity contribution < 1.29 is 9.90 Å². The number of hydrogen-bond donors (Lipinski definition) is 1. The number of hydrogen-bond acceptors (Lipinski definition) is 3. The Balaban J connectivity index is 1.82. The van der Waals surface area contributed by atoms with Crippen molar-refractivity contribution in [3.63, 3.8) is 0 Å². The normalized spacial score (nSPS) is 10.6. The summed E-state index contributed by atoms with van der Waals surface area (Å²) in [7, 11) is 0. The van der Waals surface area contributed by atoms with Crippen LogP contribution in [0.3, 0.4) is 0 Å². The van der Waals surface area contributed by atoms with Crippen molar-refractivity contribution >= 4 is 5.97 Å². The Morgan fingerprint density at radius 3 is 2.62 bits per heavy atom. The average molecular weight is 387 g/mol. The van der Waals surface area contributed by atoms with E-state index >= 15 is 0 Å². The third kappa shape index (κ3) is 5.11. The quantitative estimate of drug-likeness (QED) is 0.545. The minimum Gasteiger partial charge on any atom is -0.478 e. The summed E-state index contributed by atoms with van der Waals surface area (Å²) >= 11 is 0. The van der Waals surface area contributed by atoms with Crippen LogP contribution in [0.2, 0.25) is 0 Å². The maximum atomic E-state index is 11.5. The van der Waals surface area contributed by atoms with Crippen molar-refractivity contribution in [1.82, 2.24) is 14.8 Å². The van der Waals surface area contributed by atoms with E-state index in [1.54, 1.807) is 12.1 Å². The first-order valence-corrected chi connectivity index (χ1v) is 9.90. The molecule has 5 heteroatoms. The zero-order chi connectivity index (χ0) is 20.6. The molecule has 0 aliphatic rings. The van der Waals surface area contributed by atoms with Gasteiger partial charge in [-0.05, 0) is 29.2 Å². The number of rotatable bonds is 9. The van der Waals surface area contributed by atoms with E-state index in [4.69, 9.17) is 11.4 Å². The molecule has 3 rings (SSSR count). The van der Waals surface area contributed by atoms with Crippen molar-refractivity contribution in [1.29, 1.82) is 0 Å². The number of aromatic nitrogens is 3. The molecule has 148 valence electrons. The lowest BCUT2D eigenvalue weighted by molar-refractivity contribution is 0.0697. The topological polar surface area (TPSA) is 68.0 Å². The molecule has 0 saturated carbocycles. The van der Waals surface area contributed by atoms with Gasteiger partial charge in [0.15, 0.2) is 5.82 Å². The van der Waals surface area contributed by atoms with Crippen molar-refractivity contribution in [3.8, 4) is 23.5 Å². The molecule has 3 aromatic rings. The highest BCUT2D eigenvalue weighted by atomic mass is 16.4. The number of carboxylic acids is 1. The summed E-state index contributed by atoms with van der Waals surface area (Å²) in [4.78, 5) is 16.2. The monoisotopic (exact) mass is 387 g/mol. The van der Waals surface area contributed by atoms with Gasteiger partial charge in [-0.15, -0.1) is 12.3 Å². The van der Waals surface area contributed by atoms with Crippen molar-refractivity contribution in [3.05, 3.63) is 71.3 Å². The van der Waals surface area contributed by atoms with Gasteiger partial charge >= 0.3 is 5.97 Å². The summed E-state index contributed by atoms with van der Waals surface area (Å²) in [6.45, 7) is 2.81. The van der Waals surface area contributed by atoms with Gasteiger partial charge in [0.2, 0.25) is 0 Å². The van der Waals surface area contributed by atoms with Crippen molar-refractivity contribution in [2.75, 3.05) is 0 Å². The predicted molar refractivity (Wildman–Crippen MR) is 114 cm³/mol. The first-order valence-electron chi connectivity index (χ1n) is 9.90. The maximum Gasteiger partial charge on any atom is 0.336 e. The zero-order valence-electron chi connectivity index (χ0n) is 16.6. The molecule has 1 aromatic heterocycles. The van der Waals surface area contributed by atoms with Crippen LogP contribution in [0, 0.1) is 12.3 Å². The lowest BCUT2D eigenvalue weighted by Gasteiger charge is -2.08. The minimum atomic E-state index is -0.925. The summed E-state index contributed by atoms with van der Waals surface area (Å²) in [5.41, 5.74) is 2.99. The number of carboxylic acid groups (broad SMARTS) is 1. The molecule has 0 aliphatic carbocycles. The van der Waals surface area contributed by atoms with E-state index in [-0.39, 0.29) is 0 Å². The average Bonchev–Trinajstić information content (AvgIpc) is 3.12.